The first-order chi connectivity index (χ1) is 8.52. The van der Waals surface area contributed by atoms with Gasteiger partial charge in [-0.2, -0.15) is 0 Å². The zero-order chi connectivity index (χ0) is 13.3. The molecule has 0 aromatic carbocycles. The van der Waals surface area contributed by atoms with E-state index in [4.69, 9.17) is 11.6 Å². The molecule has 2 heterocycles. The molecule has 1 amide bonds. The number of alkyl halides is 1. The number of amides is 1. The van der Waals surface area contributed by atoms with Gasteiger partial charge in [-0.25, -0.2) is 9.97 Å². The number of carbonyl (C=O) groups is 1. The van der Waals surface area contributed by atoms with Gasteiger partial charge in [0.15, 0.2) is 5.65 Å². The smallest absolute Gasteiger partial charge is 0.242 e. The highest BCUT2D eigenvalue weighted by Crippen LogP contribution is 2.19. The first-order valence-electron chi connectivity index (χ1n) is 5.29. The van der Waals surface area contributed by atoms with E-state index < -0.39 is 0 Å². The number of likely N-dealkylation sites (N-methyl/N-ethyl adjacent to an activating group) is 1. The Kier molecular flexibility index (Phi) is 3.87. The number of halogens is 2. The maximum atomic E-state index is 11.8. The molecule has 2 rings (SSSR count). The Bertz CT molecular complexity index is 596. The predicted molar refractivity (Wildman–Crippen MR) is 73.5 cm³/mol. The first kappa shape index (κ1) is 13.3. The lowest BCUT2D eigenvalue weighted by molar-refractivity contribution is -0.129. The van der Waals surface area contributed by atoms with Gasteiger partial charge < -0.3 is 9.47 Å². The van der Waals surface area contributed by atoms with Gasteiger partial charge in [-0.3, -0.25) is 4.79 Å². The number of carbonyl (C=O) groups excluding carboxylic acids is 1. The minimum Gasteiger partial charge on any atom is -0.347 e. The minimum atomic E-state index is -0.0228. The fraction of sp³-hybridized carbons (Fsp3) is 0.364. The van der Waals surface area contributed by atoms with Crippen LogP contribution in [0.3, 0.4) is 0 Å². The summed E-state index contributed by atoms with van der Waals surface area (Å²) in [7, 11) is 3.43. The second-order valence-corrected chi connectivity index (χ2v) is 5.22. The molecule has 0 fully saturated rings. The molecule has 96 valence electrons. The van der Waals surface area contributed by atoms with E-state index in [1.807, 2.05) is 6.07 Å². The molecule has 18 heavy (non-hydrogen) atoms. The van der Waals surface area contributed by atoms with Crippen molar-refractivity contribution in [3.05, 3.63) is 22.6 Å². The van der Waals surface area contributed by atoms with Crippen molar-refractivity contribution in [3.63, 3.8) is 0 Å². The van der Waals surface area contributed by atoms with Crippen LogP contribution in [0.15, 0.2) is 16.7 Å². The van der Waals surface area contributed by atoms with E-state index in [-0.39, 0.29) is 18.3 Å². The van der Waals surface area contributed by atoms with E-state index in [1.54, 1.807) is 24.9 Å². The topological polar surface area (TPSA) is 51.0 Å². The number of pyridine rings is 1. The van der Waals surface area contributed by atoms with Crippen LogP contribution in [0, 0.1) is 0 Å². The van der Waals surface area contributed by atoms with Gasteiger partial charge in [-0.1, -0.05) is 0 Å². The monoisotopic (exact) mass is 330 g/mol. The average molecular weight is 332 g/mol. The van der Waals surface area contributed by atoms with Gasteiger partial charge in [0, 0.05) is 24.8 Å². The van der Waals surface area contributed by atoms with Gasteiger partial charge in [0.25, 0.3) is 0 Å². The van der Waals surface area contributed by atoms with E-state index >= 15 is 0 Å². The third kappa shape index (κ3) is 2.49. The number of imidazole rings is 1. The van der Waals surface area contributed by atoms with E-state index in [1.165, 1.54) is 4.90 Å². The van der Waals surface area contributed by atoms with Crippen LogP contribution in [0.4, 0.5) is 0 Å². The third-order valence-corrected chi connectivity index (χ3v) is 3.22. The Labute approximate surface area is 118 Å². The SMILES string of the molecule is CN(C)C(=O)Cn1c(CCl)nc2cc(Br)cnc21. The fourth-order valence-electron chi connectivity index (χ4n) is 1.58. The van der Waals surface area contributed by atoms with E-state index in [0.29, 0.717) is 11.5 Å². The molecule has 5 nitrogen and oxygen atoms in total. The maximum Gasteiger partial charge on any atom is 0.242 e. The third-order valence-electron chi connectivity index (χ3n) is 2.54. The fourth-order valence-corrected chi connectivity index (χ4v) is 2.10. The molecule has 0 spiro atoms. The normalized spacial score (nSPS) is 10.9. The number of hydrogen-bond donors (Lipinski definition) is 0. The van der Waals surface area contributed by atoms with Crippen LogP contribution in [0.1, 0.15) is 5.82 Å². The molecule has 0 unspecified atom stereocenters. The molecule has 2 aromatic heterocycles. The van der Waals surface area contributed by atoms with Crippen LogP contribution in [-0.4, -0.2) is 39.4 Å². The molecule has 0 saturated carbocycles. The summed E-state index contributed by atoms with van der Waals surface area (Å²) in [5.74, 6) is 0.868. The van der Waals surface area contributed by atoms with Gasteiger partial charge >= 0.3 is 0 Å². The summed E-state index contributed by atoms with van der Waals surface area (Å²) in [4.78, 5) is 22.0. The van der Waals surface area contributed by atoms with Gasteiger partial charge in [-0.15, -0.1) is 11.6 Å². The molecule has 0 atom stereocenters. The lowest BCUT2D eigenvalue weighted by Gasteiger charge is -2.12. The molecule has 0 saturated heterocycles. The second-order valence-electron chi connectivity index (χ2n) is 4.03. The van der Waals surface area contributed by atoms with E-state index in [9.17, 15) is 4.79 Å². The molecule has 7 heteroatoms. The molecular formula is C11H12BrClN4O. The Morgan fingerprint density at radius 3 is 2.89 bits per heavy atom. The van der Waals surface area contributed by atoms with Crippen molar-refractivity contribution in [2.24, 2.45) is 0 Å². The van der Waals surface area contributed by atoms with Crippen molar-refractivity contribution >= 4 is 44.6 Å². The lowest BCUT2D eigenvalue weighted by atomic mass is 10.4. The number of rotatable bonds is 3. The molecule has 0 aliphatic rings. The van der Waals surface area contributed by atoms with Crippen molar-refractivity contribution < 1.29 is 4.79 Å². The Morgan fingerprint density at radius 1 is 1.56 bits per heavy atom. The summed E-state index contributed by atoms with van der Waals surface area (Å²) < 4.78 is 2.59. The quantitative estimate of drug-likeness (QED) is 0.809. The molecular weight excluding hydrogens is 320 g/mol. The zero-order valence-electron chi connectivity index (χ0n) is 10.0. The van der Waals surface area contributed by atoms with E-state index in [0.717, 1.165) is 9.99 Å². The molecule has 0 bridgehead atoms. The molecule has 2 aromatic rings. The van der Waals surface area contributed by atoms with Crippen LogP contribution >= 0.6 is 27.5 Å². The standard InChI is InChI=1S/C11H12BrClN4O/c1-16(2)10(18)6-17-9(4-13)15-8-3-7(12)5-14-11(8)17/h3,5H,4,6H2,1-2H3. The second kappa shape index (κ2) is 5.24. The van der Waals surface area contributed by atoms with Gasteiger partial charge in [-0.05, 0) is 22.0 Å². The molecule has 0 aliphatic carbocycles. The number of fused-ring (bicyclic) bond motifs is 1. The predicted octanol–water partition coefficient (Wildman–Crippen LogP) is 2.02. The van der Waals surface area contributed by atoms with Crippen molar-refractivity contribution in [2.75, 3.05) is 14.1 Å². The van der Waals surface area contributed by atoms with Crippen molar-refractivity contribution in [2.45, 2.75) is 12.4 Å². The highest BCUT2D eigenvalue weighted by Gasteiger charge is 2.15. The molecule has 0 aliphatic heterocycles. The number of aromatic nitrogens is 3. The Balaban J connectivity index is 2.50. The van der Waals surface area contributed by atoms with Crippen LogP contribution in [0.5, 0.6) is 0 Å². The van der Waals surface area contributed by atoms with Gasteiger partial charge in [0.1, 0.15) is 17.9 Å². The van der Waals surface area contributed by atoms with Crippen LogP contribution in [-0.2, 0) is 17.2 Å². The van der Waals surface area contributed by atoms with E-state index in [2.05, 4.69) is 25.9 Å². The summed E-state index contributed by atoms with van der Waals surface area (Å²) >= 11 is 9.20. The minimum absolute atomic E-state index is 0.0228. The summed E-state index contributed by atoms with van der Waals surface area (Å²) in [6.45, 7) is 0.195. The Hall–Kier alpha value is -1.14. The molecule has 0 N–H and O–H groups in total. The van der Waals surface area contributed by atoms with Crippen LogP contribution < -0.4 is 0 Å². The lowest BCUT2D eigenvalue weighted by Crippen LogP contribution is -2.27. The summed E-state index contributed by atoms with van der Waals surface area (Å²) in [5, 5.41) is 0. The first-order valence-corrected chi connectivity index (χ1v) is 6.62. The van der Waals surface area contributed by atoms with Crippen molar-refractivity contribution in [1.29, 1.82) is 0 Å². The van der Waals surface area contributed by atoms with Crippen molar-refractivity contribution in [3.8, 4) is 0 Å². The number of nitrogens with zero attached hydrogens (tertiary/aromatic N) is 4. The summed E-state index contributed by atoms with van der Waals surface area (Å²) in [6, 6.07) is 1.86. The van der Waals surface area contributed by atoms with Crippen LogP contribution in [0.2, 0.25) is 0 Å². The summed E-state index contributed by atoms with van der Waals surface area (Å²) in [5.41, 5.74) is 1.40. The molecule has 0 radical (unpaired) electrons. The summed E-state index contributed by atoms with van der Waals surface area (Å²) in [6.07, 6.45) is 1.68. The van der Waals surface area contributed by atoms with Gasteiger partial charge in [0.2, 0.25) is 5.91 Å². The van der Waals surface area contributed by atoms with Crippen molar-refractivity contribution in [1.82, 2.24) is 19.4 Å². The highest BCUT2D eigenvalue weighted by molar-refractivity contribution is 9.10. The zero-order valence-corrected chi connectivity index (χ0v) is 12.4. The average Bonchev–Trinajstić information content (AvgIpc) is 2.66. The van der Waals surface area contributed by atoms with Crippen LogP contribution in [0.25, 0.3) is 11.2 Å². The Morgan fingerprint density at radius 2 is 2.28 bits per heavy atom. The van der Waals surface area contributed by atoms with Gasteiger partial charge in [0.05, 0.1) is 5.88 Å². The number of hydrogen-bond acceptors (Lipinski definition) is 3. The largest absolute Gasteiger partial charge is 0.347 e. The maximum absolute atomic E-state index is 11.8. The highest BCUT2D eigenvalue weighted by atomic mass is 79.9.